The van der Waals surface area contributed by atoms with Gasteiger partial charge in [0.2, 0.25) is 0 Å². The molecule has 1 saturated heterocycles. The van der Waals surface area contributed by atoms with E-state index < -0.39 is 0 Å². The number of carbonyl (C=O) groups is 1. The molecule has 0 bridgehead atoms. The third-order valence-electron chi connectivity index (χ3n) is 5.20. The van der Waals surface area contributed by atoms with Gasteiger partial charge < -0.3 is 19.5 Å². The summed E-state index contributed by atoms with van der Waals surface area (Å²) in [5, 5.41) is 3.00. The van der Waals surface area contributed by atoms with Crippen LogP contribution in [0.4, 0.5) is 4.79 Å². The van der Waals surface area contributed by atoms with Crippen LogP contribution in [-0.2, 0) is 24.9 Å². The molecule has 2 amide bonds. The molecule has 4 rings (SSSR count). The van der Waals surface area contributed by atoms with Gasteiger partial charge >= 0.3 is 6.03 Å². The van der Waals surface area contributed by atoms with Crippen molar-refractivity contribution in [1.82, 2.24) is 24.8 Å². The van der Waals surface area contributed by atoms with E-state index >= 15 is 0 Å². The molecule has 2 aromatic heterocycles. The molecule has 0 aliphatic carbocycles. The van der Waals surface area contributed by atoms with Crippen LogP contribution < -0.4 is 5.32 Å². The number of benzene rings is 1. The fourth-order valence-corrected chi connectivity index (χ4v) is 3.53. The first kappa shape index (κ1) is 18.4. The summed E-state index contributed by atoms with van der Waals surface area (Å²) in [7, 11) is 1.97. The van der Waals surface area contributed by atoms with Gasteiger partial charge in [0.25, 0.3) is 0 Å². The standard InChI is InChI=1S/C21H25N5O2/c1-25-19-8-3-2-7-18(19)24-20(25)14-23-21(27)26-12-9-17(10-13-26)28-15-16-6-4-5-11-22-16/h2-8,11,17H,9-10,12-15H2,1H3,(H,23,27). The van der Waals surface area contributed by atoms with Crippen molar-refractivity contribution in [3.8, 4) is 0 Å². The molecule has 1 aliphatic heterocycles. The average Bonchev–Trinajstić information content (AvgIpc) is 3.07. The van der Waals surface area contributed by atoms with E-state index in [-0.39, 0.29) is 12.1 Å². The highest BCUT2D eigenvalue weighted by Crippen LogP contribution is 2.16. The maximum absolute atomic E-state index is 12.5. The van der Waals surface area contributed by atoms with E-state index in [1.807, 2.05) is 59.0 Å². The van der Waals surface area contributed by atoms with Gasteiger partial charge in [0, 0.05) is 26.3 Å². The fraction of sp³-hybridized carbons (Fsp3) is 0.381. The molecule has 0 unspecified atom stereocenters. The molecule has 28 heavy (non-hydrogen) atoms. The van der Waals surface area contributed by atoms with Crippen molar-refractivity contribution in [2.45, 2.75) is 32.1 Å². The number of likely N-dealkylation sites (tertiary alicyclic amines) is 1. The minimum atomic E-state index is -0.0461. The molecule has 7 nitrogen and oxygen atoms in total. The number of nitrogens with zero attached hydrogens (tertiary/aromatic N) is 4. The first-order chi connectivity index (χ1) is 13.7. The Hall–Kier alpha value is -2.93. The van der Waals surface area contributed by atoms with E-state index in [9.17, 15) is 4.79 Å². The van der Waals surface area contributed by atoms with E-state index in [4.69, 9.17) is 4.74 Å². The number of nitrogens with one attached hydrogen (secondary N) is 1. The van der Waals surface area contributed by atoms with Crippen LogP contribution in [0.1, 0.15) is 24.4 Å². The van der Waals surface area contributed by atoms with E-state index in [1.165, 1.54) is 0 Å². The van der Waals surface area contributed by atoms with Gasteiger partial charge in [-0.25, -0.2) is 9.78 Å². The van der Waals surface area contributed by atoms with Crippen molar-refractivity contribution < 1.29 is 9.53 Å². The van der Waals surface area contributed by atoms with Crippen molar-refractivity contribution in [2.24, 2.45) is 7.05 Å². The smallest absolute Gasteiger partial charge is 0.317 e. The minimum Gasteiger partial charge on any atom is -0.372 e. The minimum absolute atomic E-state index is 0.0461. The molecule has 7 heteroatoms. The van der Waals surface area contributed by atoms with Crippen molar-refractivity contribution in [1.29, 1.82) is 0 Å². The van der Waals surface area contributed by atoms with Gasteiger partial charge in [-0.15, -0.1) is 0 Å². The molecule has 0 spiro atoms. The lowest BCUT2D eigenvalue weighted by Crippen LogP contribution is -2.45. The molecule has 0 saturated carbocycles. The van der Waals surface area contributed by atoms with Crippen LogP contribution in [0.5, 0.6) is 0 Å². The molecule has 1 aliphatic rings. The molecule has 1 fully saturated rings. The number of hydrogen-bond acceptors (Lipinski definition) is 4. The van der Waals surface area contributed by atoms with Crippen molar-refractivity contribution in [2.75, 3.05) is 13.1 Å². The number of urea groups is 1. The highest BCUT2D eigenvalue weighted by molar-refractivity contribution is 5.76. The topological polar surface area (TPSA) is 72.3 Å². The summed E-state index contributed by atoms with van der Waals surface area (Å²) in [6, 6.07) is 13.8. The second-order valence-corrected chi connectivity index (χ2v) is 7.05. The first-order valence-electron chi connectivity index (χ1n) is 9.65. The predicted octanol–water partition coefficient (Wildman–Crippen LogP) is 2.86. The maximum atomic E-state index is 12.5. The van der Waals surface area contributed by atoms with Gasteiger partial charge in [0.1, 0.15) is 5.82 Å². The first-order valence-corrected chi connectivity index (χ1v) is 9.65. The van der Waals surface area contributed by atoms with Crippen molar-refractivity contribution >= 4 is 17.1 Å². The largest absolute Gasteiger partial charge is 0.372 e. The Morgan fingerprint density at radius 3 is 2.71 bits per heavy atom. The monoisotopic (exact) mass is 379 g/mol. The summed E-state index contributed by atoms with van der Waals surface area (Å²) in [6.45, 7) is 2.33. The number of rotatable bonds is 5. The van der Waals surface area contributed by atoms with E-state index in [0.29, 0.717) is 26.2 Å². The Bertz CT molecular complexity index is 932. The highest BCUT2D eigenvalue weighted by Gasteiger charge is 2.23. The number of amides is 2. The van der Waals surface area contributed by atoms with Gasteiger partial charge in [0.15, 0.2) is 0 Å². The summed E-state index contributed by atoms with van der Waals surface area (Å²) in [6.07, 6.45) is 3.63. The molecular weight excluding hydrogens is 354 g/mol. The second kappa shape index (κ2) is 8.39. The molecule has 146 valence electrons. The number of imidazole rings is 1. The number of pyridine rings is 1. The lowest BCUT2D eigenvalue weighted by Gasteiger charge is -2.31. The molecule has 0 radical (unpaired) electrons. The zero-order valence-electron chi connectivity index (χ0n) is 16.0. The van der Waals surface area contributed by atoms with Gasteiger partial charge in [-0.1, -0.05) is 18.2 Å². The van der Waals surface area contributed by atoms with E-state index in [2.05, 4.69) is 15.3 Å². The van der Waals surface area contributed by atoms with Crippen molar-refractivity contribution in [3.63, 3.8) is 0 Å². The maximum Gasteiger partial charge on any atom is 0.317 e. The number of hydrogen-bond donors (Lipinski definition) is 1. The Kier molecular flexibility index (Phi) is 5.53. The van der Waals surface area contributed by atoms with E-state index in [1.54, 1.807) is 6.20 Å². The number of para-hydroxylation sites is 2. The van der Waals surface area contributed by atoms with Crippen LogP contribution in [0.25, 0.3) is 11.0 Å². The Morgan fingerprint density at radius 2 is 1.96 bits per heavy atom. The second-order valence-electron chi connectivity index (χ2n) is 7.05. The highest BCUT2D eigenvalue weighted by atomic mass is 16.5. The SMILES string of the molecule is Cn1c(CNC(=O)N2CCC(OCc3ccccn3)CC2)nc2ccccc21. The normalized spacial score (nSPS) is 15.1. The van der Waals surface area contributed by atoms with Gasteiger partial charge in [0.05, 0.1) is 36.0 Å². The van der Waals surface area contributed by atoms with Crippen LogP contribution in [0.15, 0.2) is 48.7 Å². The Labute approximate surface area is 164 Å². The molecule has 1 aromatic carbocycles. The number of ether oxygens (including phenoxy) is 1. The van der Waals surface area contributed by atoms with Crippen LogP contribution in [0.2, 0.25) is 0 Å². The summed E-state index contributed by atoms with van der Waals surface area (Å²) in [5.74, 6) is 0.850. The average molecular weight is 379 g/mol. The quantitative estimate of drug-likeness (QED) is 0.740. The summed E-state index contributed by atoms with van der Waals surface area (Å²) in [5.41, 5.74) is 2.95. The molecule has 3 heterocycles. The third-order valence-corrected chi connectivity index (χ3v) is 5.20. The number of aryl methyl sites for hydroxylation is 1. The lowest BCUT2D eigenvalue weighted by atomic mass is 10.1. The zero-order chi connectivity index (χ0) is 19.3. The number of piperidine rings is 1. The molecule has 1 N–H and O–H groups in total. The fourth-order valence-electron chi connectivity index (χ4n) is 3.53. The summed E-state index contributed by atoms with van der Waals surface area (Å²) in [4.78, 5) is 23.2. The molecule has 0 atom stereocenters. The molecular formula is C21H25N5O2. The zero-order valence-corrected chi connectivity index (χ0v) is 16.0. The summed E-state index contributed by atoms with van der Waals surface area (Å²) < 4.78 is 7.96. The van der Waals surface area contributed by atoms with Crippen LogP contribution in [-0.4, -0.2) is 44.7 Å². The Morgan fingerprint density at radius 1 is 1.18 bits per heavy atom. The number of fused-ring (bicyclic) bond motifs is 1. The predicted molar refractivity (Wildman–Crippen MR) is 107 cm³/mol. The Balaban J connectivity index is 1.24. The van der Waals surface area contributed by atoms with Crippen LogP contribution in [0, 0.1) is 0 Å². The van der Waals surface area contributed by atoms with Gasteiger partial charge in [-0.05, 0) is 37.1 Å². The van der Waals surface area contributed by atoms with Gasteiger partial charge in [-0.2, -0.15) is 0 Å². The number of carbonyl (C=O) groups excluding carboxylic acids is 1. The van der Waals surface area contributed by atoms with Crippen LogP contribution in [0.3, 0.4) is 0 Å². The molecule has 3 aromatic rings. The van der Waals surface area contributed by atoms with Crippen LogP contribution >= 0.6 is 0 Å². The summed E-state index contributed by atoms with van der Waals surface area (Å²) >= 11 is 0. The van der Waals surface area contributed by atoms with E-state index in [0.717, 1.165) is 35.4 Å². The third kappa shape index (κ3) is 4.14. The number of aromatic nitrogens is 3. The van der Waals surface area contributed by atoms with Crippen molar-refractivity contribution in [3.05, 3.63) is 60.2 Å². The lowest BCUT2D eigenvalue weighted by molar-refractivity contribution is 0.00304. The van der Waals surface area contributed by atoms with Gasteiger partial charge in [-0.3, -0.25) is 4.98 Å².